The fourth-order valence-electron chi connectivity index (χ4n) is 5.08. The van der Waals surface area contributed by atoms with Crippen molar-refractivity contribution >= 4 is 30.1 Å². The molecule has 0 aromatic heterocycles. The minimum atomic E-state index is -0.454. The SMILES string of the molecule is CCCCOB(OCCCC)OCCCC.Cc1ccc([N+](c2ccc(C)cc2)(c2ccc(C)cc2)c2ccc(C)cc2)cc1. The first kappa shape index (κ1) is 36.3. The van der Waals surface area contributed by atoms with E-state index in [-0.39, 0.29) is 0 Å². The van der Waals surface area contributed by atoms with E-state index in [0.717, 1.165) is 58.3 Å². The van der Waals surface area contributed by atoms with Gasteiger partial charge in [0.1, 0.15) is 22.7 Å². The topological polar surface area (TPSA) is 27.7 Å². The Morgan fingerprint density at radius 1 is 0.400 bits per heavy atom. The predicted octanol–water partition coefficient (Wildman–Crippen LogP) is 11.6. The minimum absolute atomic E-state index is 0.454. The van der Waals surface area contributed by atoms with E-state index in [1.54, 1.807) is 0 Å². The molecule has 0 fully saturated rings. The van der Waals surface area contributed by atoms with E-state index in [1.165, 1.54) is 45.0 Å². The molecule has 0 saturated heterocycles. The van der Waals surface area contributed by atoms with Crippen LogP contribution in [0.2, 0.25) is 0 Å². The van der Waals surface area contributed by atoms with E-state index in [9.17, 15) is 0 Å². The van der Waals surface area contributed by atoms with Gasteiger partial charge in [-0.25, -0.2) is 0 Å². The van der Waals surface area contributed by atoms with Gasteiger partial charge in [-0.1, -0.05) is 111 Å². The highest BCUT2D eigenvalue weighted by Gasteiger charge is 2.39. The Balaban J connectivity index is 0.000000296. The summed E-state index contributed by atoms with van der Waals surface area (Å²) in [5.74, 6) is 0. The molecule has 4 nitrogen and oxygen atoms in total. The maximum absolute atomic E-state index is 5.53. The van der Waals surface area contributed by atoms with E-state index in [2.05, 4.69) is 146 Å². The van der Waals surface area contributed by atoms with Gasteiger partial charge in [0.05, 0.1) is 0 Å². The van der Waals surface area contributed by atoms with Gasteiger partial charge in [-0.15, -0.1) is 0 Å². The highest BCUT2D eigenvalue weighted by atomic mass is 16.7. The molecule has 4 rings (SSSR count). The second kappa shape index (κ2) is 19.3. The average Bonchev–Trinajstić information content (AvgIpc) is 3.05. The van der Waals surface area contributed by atoms with Crippen molar-refractivity contribution < 1.29 is 14.0 Å². The third-order valence-corrected chi connectivity index (χ3v) is 7.94. The van der Waals surface area contributed by atoms with E-state index in [4.69, 9.17) is 14.0 Å². The number of hydrogen-bond acceptors (Lipinski definition) is 3. The summed E-state index contributed by atoms with van der Waals surface area (Å²) in [5.41, 5.74) is 9.98. The summed E-state index contributed by atoms with van der Waals surface area (Å²) in [4.78, 5) is 0. The van der Waals surface area contributed by atoms with Gasteiger partial charge in [0.15, 0.2) is 0 Å². The number of rotatable bonds is 16. The Hall–Kier alpha value is -3.22. The Morgan fingerprint density at radius 2 is 0.622 bits per heavy atom. The lowest BCUT2D eigenvalue weighted by molar-refractivity contribution is 0.0899. The quantitative estimate of drug-likeness (QED) is 0.0719. The van der Waals surface area contributed by atoms with Gasteiger partial charge in [0.2, 0.25) is 0 Å². The number of hydrogen-bond donors (Lipinski definition) is 0. The molecule has 4 aromatic rings. The molecule has 0 spiro atoms. The molecule has 0 atom stereocenters. The summed E-state index contributed by atoms with van der Waals surface area (Å²) >= 11 is 0. The van der Waals surface area contributed by atoms with Crippen LogP contribution in [0, 0.1) is 27.7 Å². The molecular formula is C40H55BNO3+. The van der Waals surface area contributed by atoms with Crippen LogP contribution in [0.3, 0.4) is 0 Å². The largest absolute Gasteiger partial charge is 0.639 e. The smallest absolute Gasteiger partial charge is 0.386 e. The lowest BCUT2D eigenvalue weighted by Gasteiger charge is -2.37. The molecular weight excluding hydrogens is 553 g/mol. The van der Waals surface area contributed by atoms with E-state index in [1.807, 2.05) is 0 Å². The zero-order valence-corrected chi connectivity index (χ0v) is 28.9. The van der Waals surface area contributed by atoms with Crippen LogP contribution in [-0.4, -0.2) is 27.1 Å². The summed E-state index contributed by atoms with van der Waals surface area (Å²) < 4.78 is 17.2. The molecule has 0 heterocycles. The molecule has 45 heavy (non-hydrogen) atoms. The number of quaternary nitrogens is 1. The molecule has 0 N–H and O–H groups in total. The normalized spacial score (nSPS) is 11.2. The molecule has 4 aromatic carbocycles. The second-order valence-corrected chi connectivity index (χ2v) is 12.0. The van der Waals surface area contributed by atoms with Gasteiger partial charge in [-0.2, -0.15) is 4.48 Å². The summed E-state index contributed by atoms with van der Waals surface area (Å²) in [6.45, 7) is 17.2. The summed E-state index contributed by atoms with van der Waals surface area (Å²) in [5, 5.41) is 0. The molecule has 0 amide bonds. The number of nitrogens with zero attached hydrogens (tertiary/aromatic N) is 1. The number of aryl methyl sites for hydroxylation is 4. The summed E-state index contributed by atoms with van der Waals surface area (Å²) in [6, 6.07) is 35.7. The van der Waals surface area contributed by atoms with Gasteiger partial charge in [-0.3, -0.25) is 0 Å². The van der Waals surface area contributed by atoms with Gasteiger partial charge in [0.25, 0.3) is 0 Å². The minimum Gasteiger partial charge on any atom is -0.386 e. The first-order chi connectivity index (χ1) is 21.8. The zero-order chi connectivity index (χ0) is 32.5. The van der Waals surface area contributed by atoms with Crippen LogP contribution in [0.5, 0.6) is 0 Å². The molecule has 0 bridgehead atoms. The standard InChI is InChI=1S/C28H28N.C12H27BO3/c1-21-5-13-25(14-6-21)29(26-15-7-22(2)8-16-26,27-17-9-23(3)10-18-27)28-19-11-24(4)12-20-28;1-4-7-10-14-13(15-11-8-5-2)16-12-9-6-3/h5-20H,1-4H3;4-12H2,1-3H3/q+1;. The Bertz CT molecular complexity index is 1140. The van der Waals surface area contributed by atoms with E-state index < -0.39 is 7.32 Å². The lowest BCUT2D eigenvalue weighted by Crippen LogP contribution is -2.33. The van der Waals surface area contributed by atoms with Crippen molar-refractivity contribution in [2.75, 3.05) is 19.8 Å². The highest BCUT2D eigenvalue weighted by Crippen LogP contribution is 2.51. The maximum atomic E-state index is 5.53. The monoisotopic (exact) mass is 608 g/mol. The molecule has 0 aliphatic heterocycles. The first-order valence-corrected chi connectivity index (χ1v) is 16.9. The molecule has 0 aliphatic carbocycles. The lowest BCUT2D eigenvalue weighted by atomic mass is 10.0. The number of benzene rings is 4. The van der Waals surface area contributed by atoms with Crippen molar-refractivity contribution in [2.45, 2.75) is 87.0 Å². The van der Waals surface area contributed by atoms with Crippen molar-refractivity contribution in [1.82, 2.24) is 4.48 Å². The van der Waals surface area contributed by atoms with Gasteiger partial charge in [-0.05, 0) is 47.0 Å². The van der Waals surface area contributed by atoms with Crippen LogP contribution in [0.15, 0.2) is 97.1 Å². The van der Waals surface area contributed by atoms with Crippen LogP contribution in [-0.2, 0) is 14.0 Å². The van der Waals surface area contributed by atoms with E-state index in [0.29, 0.717) is 4.48 Å². The van der Waals surface area contributed by atoms with Gasteiger partial charge < -0.3 is 14.0 Å². The molecule has 0 aliphatic rings. The predicted molar refractivity (Wildman–Crippen MR) is 194 cm³/mol. The van der Waals surface area contributed by atoms with Crippen molar-refractivity contribution in [3.8, 4) is 0 Å². The van der Waals surface area contributed by atoms with Crippen molar-refractivity contribution in [3.63, 3.8) is 0 Å². The number of unbranched alkanes of at least 4 members (excludes halogenated alkanes) is 3. The molecule has 240 valence electrons. The fraction of sp³-hybridized carbons (Fsp3) is 0.400. The van der Waals surface area contributed by atoms with Crippen LogP contribution < -0.4 is 4.48 Å². The third-order valence-electron chi connectivity index (χ3n) is 7.94. The zero-order valence-electron chi connectivity index (χ0n) is 28.9. The van der Waals surface area contributed by atoms with Crippen LogP contribution in [0.25, 0.3) is 0 Å². The molecule has 5 heteroatoms. The van der Waals surface area contributed by atoms with Crippen LogP contribution in [0.1, 0.15) is 81.5 Å². The first-order valence-electron chi connectivity index (χ1n) is 16.9. The van der Waals surface area contributed by atoms with E-state index >= 15 is 0 Å². The molecule has 0 radical (unpaired) electrons. The van der Waals surface area contributed by atoms with Gasteiger partial charge in [0, 0.05) is 68.4 Å². The average molecular weight is 609 g/mol. The van der Waals surface area contributed by atoms with Crippen LogP contribution >= 0.6 is 0 Å². The highest BCUT2D eigenvalue weighted by molar-refractivity contribution is 6.36. The van der Waals surface area contributed by atoms with Crippen molar-refractivity contribution in [1.29, 1.82) is 0 Å². The van der Waals surface area contributed by atoms with Crippen LogP contribution in [0.4, 0.5) is 22.7 Å². The van der Waals surface area contributed by atoms with Crippen molar-refractivity contribution in [2.24, 2.45) is 0 Å². The maximum Gasteiger partial charge on any atom is 0.639 e. The van der Waals surface area contributed by atoms with Gasteiger partial charge >= 0.3 is 7.32 Å². The Labute approximate surface area is 274 Å². The molecule has 0 saturated carbocycles. The Kier molecular flexibility index (Phi) is 15.6. The Morgan fingerprint density at radius 3 is 0.822 bits per heavy atom. The molecule has 0 unspecified atom stereocenters. The summed E-state index contributed by atoms with van der Waals surface area (Å²) in [7, 11) is -0.454. The van der Waals surface area contributed by atoms with Crippen molar-refractivity contribution in [3.05, 3.63) is 119 Å². The fourth-order valence-corrected chi connectivity index (χ4v) is 5.08. The second-order valence-electron chi connectivity index (χ2n) is 12.0. The summed E-state index contributed by atoms with van der Waals surface area (Å²) in [6.07, 6.45) is 6.59. The third kappa shape index (κ3) is 10.7.